The van der Waals surface area contributed by atoms with Gasteiger partial charge in [0.2, 0.25) is 0 Å². The number of hydrogen-bond acceptors (Lipinski definition) is 2. The maximum absolute atomic E-state index is 12.4. The standard InChI is InChI=1S/C11H7F3N2O/c12-11(13,14)9-2-3-10(8(6-9)7-17)16-5-1-4-15-16/h1-7H. The lowest BCUT2D eigenvalue weighted by Crippen LogP contribution is -2.08. The number of halogens is 3. The van der Waals surface area contributed by atoms with Crippen LogP contribution in [0.3, 0.4) is 0 Å². The van der Waals surface area contributed by atoms with Crippen molar-refractivity contribution in [1.82, 2.24) is 9.78 Å². The van der Waals surface area contributed by atoms with Gasteiger partial charge < -0.3 is 0 Å². The molecule has 0 fully saturated rings. The lowest BCUT2D eigenvalue weighted by atomic mass is 10.1. The largest absolute Gasteiger partial charge is 0.416 e. The predicted molar refractivity (Wildman–Crippen MR) is 54.0 cm³/mol. The molecule has 0 unspecified atom stereocenters. The van der Waals surface area contributed by atoms with Crippen LogP contribution in [-0.2, 0) is 6.18 Å². The van der Waals surface area contributed by atoms with Crippen LogP contribution in [0.5, 0.6) is 0 Å². The van der Waals surface area contributed by atoms with Crippen molar-refractivity contribution in [2.24, 2.45) is 0 Å². The summed E-state index contributed by atoms with van der Waals surface area (Å²) in [5.41, 5.74) is -0.586. The van der Waals surface area contributed by atoms with Gasteiger partial charge in [-0.3, -0.25) is 4.79 Å². The number of benzene rings is 1. The highest BCUT2D eigenvalue weighted by molar-refractivity contribution is 5.81. The highest BCUT2D eigenvalue weighted by atomic mass is 19.4. The average Bonchev–Trinajstić information content (AvgIpc) is 2.80. The molecule has 0 radical (unpaired) electrons. The summed E-state index contributed by atoms with van der Waals surface area (Å²) in [5, 5.41) is 3.86. The van der Waals surface area contributed by atoms with Gasteiger partial charge in [0, 0.05) is 18.0 Å². The summed E-state index contributed by atoms with van der Waals surface area (Å²) in [6.07, 6.45) is -1.05. The third kappa shape index (κ3) is 2.20. The molecule has 6 heteroatoms. The van der Waals surface area contributed by atoms with Gasteiger partial charge in [-0.2, -0.15) is 18.3 Å². The van der Waals surface area contributed by atoms with E-state index in [4.69, 9.17) is 0 Å². The van der Waals surface area contributed by atoms with Gasteiger partial charge in [-0.1, -0.05) is 0 Å². The first-order valence-electron chi connectivity index (χ1n) is 4.69. The lowest BCUT2D eigenvalue weighted by molar-refractivity contribution is -0.137. The van der Waals surface area contributed by atoms with E-state index < -0.39 is 11.7 Å². The van der Waals surface area contributed by atoms with E-state index in [1.807, 2.05) is 0 Å². The summed E-state index contributed by atoms with van der Waals surface area (Å²) in [7, 11) is 0. The molecular formula is C11H7F3N2O. The molecule has 1 aromatic heterocycles. The molecule has 0 aliphatic carbocycles. The van der Waals surface area contributed by atoms with Crippen LogP contribution in [0.25, 0.3) is 5.69 Å². The monoisotopic (exact) mass is 240 g/mol. The summed E-state index contributed by atoms with van der Waals surface area (Å²) < 4.78 is 38.7. The Hall–Kier alpha value is -2.11. The number of carbonyl (C=O) groups is 1. The summed E-state index contributed by atoms with van der Waals surface area (Å²) in [6, 6.07) is 4.57. The maximum atomic E-state index is 12.4. The smallest absolute Gasteiger partial charge is 0.298 e. The Bertz CT molecular complexity index is 532. The van der Waals surface area contributed by atoms with Crippen LogP contribution in [0.1, 0.15) is 15.9 Å². The van der Waals surface area contributed by atoms with Crippen LogP contribution < -0.4 is 0 Å². The Balaban J connectivity index is 2.54. The minimum atomic E-state index is -4.46. The molecule has 3 nitrogen and oxygen atoms in total. The van der Waals surface area contributed by atoms with Crippen molar-refractivity contribution in [3.63, 3.8) is 0 Å². The number of nitrogens with zero attached hydrogens (tertiary/aromatic N) is 2. The molecule has 88 valence electrons. The van der Waals surface area contributed by atoms with Gasteiger partial charge in [0.25, 0.3) is 0 Å². The molecule has 17 heavy (non-hydrogen) atoms. The number of aromatic nitrogens is 2. The zero-order valence-corrected chi connectivity index (χ0v) is 8.48. The first-order chi connectivity index (χ1) is 8.02. The SMILES string of the molecule is O=Cc1cc(C(F)(F)F)ccc1-n1cccn1. The van der Waals surface area contributed by atoms with Gasteiger partial charge in [0.1, 0.15) is 0 Å². The molecule has 0 amide bonds. The molecule has 0 saturated heterocycles. The molecular weight excluding hydrogens is 233 g/mol. The topological polar surface area (TPSA) is 34.9 Å². The second kappa shape index (κ2) is 4.04. The van der Waals surface area contributed by atoms with Crippen LogP contribution in [0.4, 0.5) is 13.2 Å². The normalized spacial score (nSPS) is 11.5. The molecule has 2 aromatic rings. The Morgan fingerprint density at radius 3 is 2.59 bits per heavy atom. The highest BCUT2D eigenvalue weighted by Gasteiger charge is 2.31. The minimum Gasteiger partial charge on any atom is -0.298 e. The molecule has 0 aliphatic rings. The molecule has 0 saturated carbocycles. The van der Waals surface area contributed by atoms with Crippen molar-refractivity contribution in [3.05, 3.63) is 47.8 Å². The van der Waals surface area contributed by atoms with E-state index in [0.29, 0.717) is 12.0 Å². The summed E-state index contributed by atoms with van der Waals surface area (Å²) in [5.74, 6) is 0. The van der Waals surface area contributed by atoms with E-state index in [0.717, 1.165) is 12.1 Å². The lowest BCUT2D eigenvalue weighted by Gasteiger charge is -2.10. The zero-order chi connectivity index (χ0) is 12.5. The van der Waals surface area contributed by atoms with Crippen molar-refractivity contribution in [2.75, 3.05) is 0 Å². The Morgan fingerprint density at radius 2 is 2.06 bits per heavy atom. The van der Waals surface area contributed by atoms with Crippen LogP contribution >= 0.6 is 0 Å². The fraction of sp³-hybridized carbons (Fsp3) is 0.0909. The predicted octanol–water partition coefficient (Wildman–Crippen LogP) is 2.70. The molecule has 0 atom stereocenters. The molecule has 2 rings (SSSR count). The van der Waals surface area contributed by atoms with E-state index in [1.165, 1.54) is 16.9 Å². The van der Waals surface area contributed by atoms with Crippen molar-refractivity contribution in [2.45, 2.75) is 6.18 Å². The molecule has 0 spiro atoms. The van der Waals surface area contributed by atoms with E-state index in [2.05, 4.69) is 5.10 Å². The van der Waals surface area contributed by atoms with Crippen LogP contribution in [0.2, 0.25) is 0 Å². The Morgan fingerprint density at radius 1 is 1.29 bits per heavy atom. The Kier molecular flexibility index (Phi) is 2.71. The highest BCUT2D eigenvalue weighted by Crippen LogP contribution is 2.30. The maximum Gasteiger partial charge on any atom is 0.416 e. The molecule has 1 heterocycles. The van der Waals surface area contributed by atoms with Crippen molar-refractivity contribution in [1.29, 1.82) is 0 Å². The van der Waals surface area contributed by atoms with Crippen molar-refractivity contribution in [3.8, 4) is 5.69 Å². The summed E-state index contributed by atoms with van der Waals surface area (Å²) >= 11 is 0. The Labute approximate surface area is 94.5 Å². The number of rotatable bonds is 2. The number of aldehydes is 1. The molecule has 0 N–H and O–H groups in total. The van der Waals surface area contributed by atoms with E-state index >= 15 is 0 Å². The third-order valence-electron chi connectivity index (χ3n) is 2.23. The van der Waals surface area contributed by atoms with Crippen LogP contribution in [-0.4, -0.2) is 16.1 Å². The third-order valence-corrected chi connectivity index (χ3v) is 2.23. The van der Waals surface area contributed by atoms with Crippen LogP contribution in [0.15, 0.2) is 36.7 Å². The van der Waals surface area contributed by atoms with Gasteiger partial charge >= 0.3 is 6.18 Å². The van der Waals surface area contributed by atoms with E-state index in [-0.39, 0.29) is 5.56 Å². The second-order valence-corrected chi connectivity index (χ2v) is 3.34. The van der Waals surface area contributed by atoms with Gasteiger partial charge in [0.15, 0.2) is 6.29 Å². The van der Waals surface area contributed by atoms with Gasteiger partial charge in [0.05, 0.1) is 11.3 Å². The van der Waals surface area contributed by atoms with E-state index in [1.54, 1.807) is 12.3 Å². The van der Waals surface area contributed by atoms with Gasteiger partial charge in [-0.15, -0.1) is 0 Å². The molecule has 0 bridgehead atoms. The summed E-state index contributed by atoms with van der Waals surface area (Å²) in [6.45, 7) is 0. The minimum absolute atomic E-state index is 0.0523. The zero-order valence-electron chi connectivity index (χ0n) is 8.48. The molecule has 0 aliphatic heterocycles. The fourth-order valence-corrected chi connectivity index (χ4v) is 1.45. The number of alkyl halides is 3. The van der Waals surface area contributed by atoms with Crippen molar-refractivity contribution >= 4 is 6.29 Å². The van der Waals surface area contributed by atoms with Gasteiger partial charge in [-0.05, 0) is 24.3 Å². The average molecular weight is 240 g/mol. The van der Waals surface area contributed by atoms with Gasteiger partial charge in [-0.25, -0.2) is 4.68 Å². The number of carbonyl (C=O) groups excluding carboxylic acids is 1. The second-order valence-electron chi connectivity index (χ2n) is 3.34. The first-order valence-corrected chi connectivity index (χ1v) is 4.69. The molecule has 1 aromatic carbocycles. The van der Waals surface area contributed by atoms with Crippen molar-refractivity contribution < 1.29 is 18.0 Å². The first kappa shape index (κ1) is 11.4. The van der Waals surface area contributed by atoms with E-state index in [9.17, 15) is 18.0 Å². The quantitative estimate of drug-likeness (QED) is 0.756. The fourth-order valence-electron chi connectivity index (χ4n) is 1.45. The van der Waals surface area contributed by atoms with Crippen LogP contribution in [0, 0.1) is 0 Å². The summed E-state index contributed by atoms with van der Waals surface area (Å²) in [4.78, 5) is 10.8. The number of hydrogen-bond donors (Lipinski definition) is 0.